The number of halogens is 3. The molecule has 0 aromatic heterocycles. The van der Waals surface area contributed by atoms with Crippen molar-refractivity contribution >= 4 is 0 Å². The molecule has 1 aliphatic carbocycles. The van der Waals surface area contributed by atoms with Crippen LogP contribution < -0.4 is 0 Å². The Morgan fingerprint density at radius 3 is 2.23 bits per heavy atom. The molecule has 0 nitrogen and oxygen atoms in total. The van der Waals surface area contributed by atoms with Crippen molar-refractivity contribution in [3.63, 3.8) is 0 Å². The van der Waals surface area contributed by atoms with Gasteiger partial charge in [-0.05, 0) is 31.6 Å². The highest BCUT2D eigenvalue weighted by Crippen LogP contribution is 2.47. The normalized spacial score (nSPS) is 39.5. The minimum atomic E-state index is -3.26. The highest BCUT2D eigenvalue weighted by Gasteiger charge is 2.55. The van der Waals surface area contributed by atoms with Crippen molar-refractivity contribution in [1.82, 2.24) is 0 Å². The van der Waals surface area contributed by atoms with Crippen LogP contribution in [-0.2, 0) is 0 Å². The largest absolute Gasteiger partial charge is 0.284 e. The summed E-state index contributed by atoms with van der Waals surface area (Å²) < 4.78 is 39.6. The standard InChI is InChI=1S/C10H16F3/c1-7(2)8-4-5-9(3,11)10(12,13)6-8/h6-8H,4-5H2,1-3H3. The Hall–Kier alpha value is -0.210. The molecule has 2 unspecified atom stereocenters. The van der Waals surface area contributed by atoms with Gasteiger partial charge >= 0.3 is 0 Å². The zero-order valence-electron chi connectivity index (χ0n) is 8.28. The number of rotatable bonds is 1. The quantitative estimate of drug-likeness (QED) is 0.596. The van der Waals surface area contributed by atoms with Crippen LogP contribution in [0.5, 0.6) is 0 Å². The minimum absolute atomic E-state index is 0.0423. The molecule has 1 rings (SSSR count). The van der Waals surface area contributed by atoms with Gasteiger partial charge in [0.15, 0.2) is 5.67 Å². The van der Waals surface area contributed by atoms with E-state index in [-0.39, 0.29) is 18.3 Å². The van der Waals surface area contributed by atoms with Gasteiger partial charge in [-0.2, -0.15) is 0 Å². The molecule has 1 saturated carbocycles. The third-order valence-electron chi connectivity index (χ3n) is 2.92. The molecule has 13 heavy (non-hydrogen) atoms. The summed E-state index contributed by atoms with van der Waals surface area (Å²) in [5.41, 5.74) is -2.35. The van der Waals surface area contributed by atoms with Crippen molar-refractivity contribution < 1.29 is 13.2 Å². The van der Waals surface area contributed by atoms with Crippen LogP contribution >= 0.6 is 0 Å². The Morgan fingerprint density at radius 1 is 1.31 bits per heavy atom. The molecule has 0 heterocycles. The molecular weight excluding hydrogens is 177 g/mol. The molecule has 77 valence electrons. The van der Waals surface area contributed by atoms with Crippen LogP contribution in [-0.4, -0.2) is 11.6 Å². The summed E-state index contributed by atoms with van der Waals surface area (Å²) in [7, 11) is 0. The van der Waals surface area contributed by atoms with Gasteiger partial charge in [-0.15, -0.1) is 0 Å². The molecule has 1 radical (unpaired) electrons. The Labute approximate surface area is 77.5 Å². The van der Waals surface area contributed by atoms with Crippen LogP contribution in [0.3, 0.4) is 0 Å². The lowest BCUT2D eigenvalue weighted by molar-refractivity contribution is -0.132. The second-order valence-corrected chi connectivity index (χ2v) is 4.43. The molecule has 0 aromatic rings. The predicted octanol–water partition coefficient (Wildman–Crippen LogP) is 3.62. The van der Waals surface area contributed by atoms with Crippen LogP contribution in [0.4, 0.5) is 13.2 Å². The molecule has 0 bridgehead atoms. The first kappa shape index (κ1) is 10.9. The third-order valence-corrected chi connectivity index (χ3v) is 2.92. The molecule has 2 atom stereocenters. The van der Waals surface area contributed by atoms with E-state index in [1.54, 1.807) is 0 Å². The Morgan fingerprint density at radius 2 is 1.85 bits per heavy atom. The van der Waals surface area contributed by atoms with Crippen LogP contribution in [0.1, 0.15) is 33.6 Å². The van der Waals surface area contributed by atoms with Gasteiger partial charge in [0.1, 0.15) is 0 Å². The van der Waals surface area contributed by atoms with Crippen molar-refractivity contribution in [1.29, 1.82) is 0 Å². The van der Waals surface area contributed by atoms with Gasteiger partial charge in [-0.1, -0.05) is 13.8 Å². The Kier molecular flexibility index (Phi) is 2.65. The number of alkyl halides is 3. The average Bonchev–Trinajstić information content (AvgIpc) is 1.94. The van der Waals surface area contributed by atoms with Crippen LogP contribution in [0.2, 0.25) is 0 Å². The summed E-state index contributed by atoms with van der Waals surface area (Å²) in [6, 6.07) is 0. The fraction of sp³-hybridized carbons (Fsp3) is 0.900. The van der Waals surface area contributed by atoms with Crippen molar-refractivity contribution in [2.24, 2.45) is 11.8 Å². The summed E-state index contributed by atoms with van der Waals surface area (Å²) >= 11 is 0. The van der Waals surface area contributed by atoms with Gasteiger partial charge in [-0.25, -0.2) is 13.2 Å². The van der Waals surface area contributed by atoms with Crippen molar-refractivity contribution in [2.45, 2.75) is 45.2 Å². The van der Waals surface area contributed by atoms with E-state index in [9.17, 15) is 13.2 Å². The SMILES string of the molecule is CC(C)C1[CH]C(F)(F)C(C)(F)CC1. The lowest BCUT2D eigenvalue weighted by atomic mass is 9.74. The molecule has 0 spiro atoms. The molecule has 1 aliphatic rings. The Bertz CT molecular complexity index is 185. The van der Waals surface area contributed by atoms with E-state index in [1.165, 1.54) is 0 Å². The lowest BCUT2D eigenvalue weighted by Crippen LogP contribution is -2.48. The topological polar surface area (TPSA) is 0 Å². The molecule has 0 amide bonds. The van der Waals surface area contributed by atoms with E-state index in [1.807, 2.05) is 13.8 Å². The van der Waals surface area contributed by atoms with Crippen LogP contribution in [0, 0.1) is 18.3 Å². The third kappa shape index (κ3) is 2.00. The van der Waals surface area contributed by atoms with E-state index in [4.69, 9.17) is 0 Å². The minimum Gasteiger partial charge on any atom is -0.238 e. The van der Waals surface area contributed by atoms with Crippen LogP contribution in [0.25, 0.3) is 0 Å². The maximum absolute atomic E-state index is 13.3. The molecule has 1 fully saturated rings. The van der Waals surface area contributed by atoms with Gasteiger partial charge in [0.05, 0.1) is 0 Å². The lowest BCUT2D eigenvalue weighted by Gasteiger charge is -2.39. The smallest absolute Gasteiger partial charge is 0.238 e. The second-order valence-electron chi connectivity index (χ2n) is 4.43. The first-order chi connectivity index (χ1) is 5.76. The van der Waals surface area contributed by atoms with Crippen molar-refractivity contribution in [3.05, 3.63) is 6.42 Å². The Balaban J connectivity index is 2.71. The summed E-state index contributed by atoms with van der Waals surface area (Å²) in [5.74, 6) is -3.25. The summed E-state index contributed by atoms with van der Waals surface area (Å²) in [4.78, 5) is 0. The first-order valence-electron chi connectivity index (χ1n) is 4.69. The van der Waals surface area contributed by atoms with Crippen molar-refractivity contribution in [3.8, 4) is 0 Å². The average molecular weight is 193 g/mol. The molecule has 3 heteroatoms. The summed E-state index contributed by atoms with van der Waals surface area (Å²) in [6.07, 6.45) is 1.38. The maximum Gasteiger partial charge on any atom is 0.284 e. The second kappa shape index (κ2) is 3.18. The molecule has 0 N–H and O–H groups in total. The van der Waals surface area contributed by atoms with Gasteiger partial charge in [-0.3, -0.25) is 0 Å². The zero-order valence-corrected chi connectivity index (χ0v) is 8.28. The van der Waals surface area contributed by atoms with E-state index >= 15 is 0 Å². The first-order valence-corrected chi connectivity index (χ1v) is 4.69. The predicted molar refractivity (Wildman–Crippen MR) is 46.3 cm³/mol. The molecule has 0 saturated heterocycles. The highest BCUT2D eigenvalue weighted by atomic mass is 19.3. The van der Waals surface area contributed by atoms with Gasteiger partial charge < -0.3 is 0 Å². The van der Waals surface area contributed by atoms with Gasteiger partial charge in [0, 0.05) is 6.42 Å². The maximum atomic E-state index is 13.3. The highest BCUT2D eigenvalue weighted by molar-refractivity contribution is 5.07. The van der Waals surface area contributed by atoms with E-state index in [0.717, 1.165) is 13.3 Å². The fourth-order valence-corrected chi connectivity index (χ4v) is 1.66. The van der Waals surface area contributed by atoms with E-state index in [0.29, 0.717) is 6.42 Å². The number of hydrogen-bond acceptors (Lipinski definition) is 0. The van der Waals surface area contributed by atoms with E-state index < -0.39 is 11.6 Å². The monoisotopic (exact) mass is 193 g/mol. The molecule has 0 aromatic carbocycles. The zero-order chi connectivity index (χ0) is 10.3. The molecule has 0 aliphatic heterocycles. The van der Waals surface area contributed by atoms with Crippen LogP contribution in [0.15, 0.2) is 0 Å². The summed E-state index contributed by atoms with van der Waals surface area (Å²) in [6.45, 7) is 4.76. The van der Waals surface area contributed by atoms with E-state index in [2.05, 4.69) is 0 Å². The van der Waals surface area contributed by atoms with Crippen molar-refractivity contribution in [2.75, 3.05) is 0 Å². The van der Waals surface area contributed by atoms with Gasteiger partial charge in [0.2, 0.25) is 0 Å². The fourth-order valence-electron chi connectivity index (χ4n) is 1.66. The summed E-state index contributed by atoms with van der Waals surface area (Å²) in [5, 5.41) is 0. The molecular formula is C10H16F3. The number of hydrogen-bond donors (Lipinski definition) is 0. The van der Waals surface area contributed by atoms with Gasteiger partial charge in [0.25, 0.3) is 5.92 Å².